The number of carbonyl (C=O) groups excluding carboxylic acids is 1. The minimum absolute atomic E-state index is 0.000932. The highest BCUT2D eigenvalue weighted by Crippen LogP contribution is 2.59. The lowest BCUT2D eigenvalue weighted by atomic mass is 9.59. The second kappa shape index (κ2) is 6.67. The van der Waals surface area contributed by atoms with E-state index in [9.17, 15) is 25.2 Å². The van der Waals surface area contributed by atoms with Crippen LogP contribution in [0.5, 0.6) is 0 Å². The summed E-state index contributed by atoms with van der Waals surface area (Å²) in [5.74, 6) is -0.314. The van der Waals surface area contributed by atoms with Crippen LogP contribution in [0.3, 0.4) is 0 Å². The number of hydrogen-bond acceptors (Lipinski definition) is 4. The molecule has 5 unspecified atom stereocenters. The SMILES string of the molecule is N#CC(C#N)=C1C(=O)C2CCC(c3cccc(C(=O)O)c3)C3CCCC1C23. The molecule has 1 aromatic carbocycles. The number of carbonyl (C=O) groups is 2. The molecular formula is C22H20N2O3. The summed E-state index contributed by atoms with van der Waals surface area (Å²) in [6, 6.07) is 11.0. The summed E-state index contributed by atoms with van der Waals surface area (Å²) < 4.78 is 0. The van der Waals surface area contributed by atoms with Gasteiger partial charge in [-0.3, -0.25) is 4.79 Å². The quantitative estimate of drug-likeness (QED) is 0.638. The van der Waals surface area contributed by atoms with Crippen LogP contribution in [0.15, 0.2) is 35.4 Å². The third-order valence-corrected chi connectivity index (χ3v) is 6.81. The van der Waals surface area contributed by atoms with E-state index in [1.165, 1.54) is 0 Å². The molecule has 3 aliphatic carbocycles. The second-order valence-corrected chi connectivity index (χ2v) is 7.88. The number of ketones is 1. The van der Waals surface area contributed by atoms with Gasteiger partial charge in [0.1, 0.15) is 17.7 Å². The van der Waals surface area contributed by atoms with Gasteiger partial charge in [-0.25, -0.2) is 4.79 Å². The molecule has 0 radical (unpaired) electrons. The summed E-state index contributed by atoms with van der Waals surface area (Å²) in [5.41, 5.74) is 1.79. The van der Waals surface area contributed by atoms with E-state index in [1.807, 2.05) is 18.2 Å². The van der Waals surface area contributed by atoms with E-state index in [4.69, 9.17) is 0 Å². The molecule has 0 bridgehead atoms. The summed E-state index contributed by atoms with van der Waals surface area (Å²) in [6.45, 7) is 0. The molecule has 5 atom stereocenters. The van der Waals surface area contributed by atoms with Crippen molar-refractivity contribution in [2.75, 3.05) is 0 Å². The molecular weight excluding hydrogens is 340 g/mol. The maximum absolute atomic E-state index is 13.0. The monoisotopic (exact) mass is 360 g/mol. The van der Waals surface area contributed by atoms with Crippen LogP contribution in [0.25, 0.3) is 0 Å². The van der Waals surface area contributed by atoms with Crippen molar-refractivity contribution in [3.63, 3.8) is 0 Å². The third-order valence-electron chi connectivity index (χ3n) is 6.81. The van der Waals surface area contributed by atoms with Crippen LogP contribution in [0.4, 0.5) is 0 Å². The highest BCUT2D eigenvalue weighted by atomic mass is 16.4. The lowest BCUT2D eigenvalue weighted by Crippen LogP contribution is -2.37. The molecule has 0 spiro atoms. The second-order valence-electron chi connectivity index (χ2n) is 7.88. The predicted octanol–water partition coefficient (Wildman–Crippen LogP) is 3.84. The van der Waals surface area contributed by atoms with Crippen molar-refractivity contribution in [2.24, 2.45) is 23.7 Å². The van der Waals surface area contributed by atoms with Crippen molar-refractivity contribution in [3.05, 3.63) is 46.5 Å². The fraction of sp³-hybridized carbons (Fsp3) is 0.455. The molecule has 1 N–H and O–H groups in total. The molecule has 0 aromatic heterocycles. The van der Waals surface area contributed by atoms with Crippen LogP contribution in [0.1, 0.15) is 53.9 Å². The Bertz CT molecular complexity index is 918. The number of hydrogen-bond donors (Lipinski definition) is 1. The highest BCUT2D eigenvalue weighted by molar-refractivity contribution is 6.02. The summed E-state index contributed by atoms with van der Waals surface area (Å²) in [7, 11) is 0. The van der Waals surface area contributed by atoms with Gasteiger partial charge in [-0.2, -0.15) is 10.5 Å². The van der Waals surface area contributed by atoms with Crippen LogP contribution >= 0.6 is 0 Å². The third kappa shape index (κ3) is 2.66. The Morgan fingerprint density at radius 3 is 2.48 bits per heavy atom. The van der Waals surface area contributed by atoms with Crippen LogP contribution in [-0.2, 0) is 4.79 Å². The van der Waals surface area contributed by atoms with Crippen molar-refractivity contribution < 1.29 is 14.7 Å². The lowest BCUT2D eigenvalue weighted by molar-refractivity contribution is -0.120. The van der Waals surface area contributed by atoms with Crippen molar-refractivity contribution in [3.8, 4) is 12.1 Å². The average molecular weight is 360 g/mol. The number of carboxylic acids is 1. The molecule has 3 fully saturated rings. The first kappa shape index (κ1) is 17.5. The minimum Gasteiger partial charge on any atom is -0.478 e. The number of carboxylic acid groups (broad SMARTS) is 1. The van der Waals surface area contributed by atoms with Crippen LogP contribution < -0.4 is 0 Å². The predicted molar refractivity (Wildman–Crippen MR) is 96.4 cm³/mol. The van der Waals surface area contributed by atoms with Gasteiger partial charge in [-0.05, 0) is 67.1 Å². The van der Waals surface area contributed by atoms with Gasteiger partial charge in [-0.15, -0.1) is 0 Å². The van der Waals surface area contributed by atoms with E-state index in [-0.39, 0.29) is 35.0 Å². The molecule has 5 heteroatoms. The molecule has 136 valence electrons. The zero-order valence-corrected chi connectivity index (χ0v) is 14.9. The van der Waals surface area contributed by atoms with Crippen LogP contribution in [0.2, 0.25) is 0 Å². The summed E-state index contributed by atoms with van der Waals surface area (Å²) in [4.78, 5) is 24.3. The van der Waals surface area contributed by atoms with Crippen molar-refractivity contribution in [1.82, 2.24) is 0 Å². The first-order valence-electron chi connectivity index (χ1n) is 9.48. The zero-order chi connectivity index (χ0) is 19.1. The van der Waals surface area contributed by atoms with E-state index in [1.54, 1.807) is 18.2 Å². The number of aromatic carboxylic acids is 1. The maximum Gasteiger partial charge on any atom is 0.335 e. The molecule has 3 aliphatic rings. The smallest absolute Gasteiger partial charge is 0.335 e. The molecule has 5 nitrogen and oxygen atoms in total. The summed E-state index contributed by atoms with van der Waals surface area (Å²) >= 11 is 0. The van der Waals surface area contributed by atoms with Gasteiger partial charge in [0.15, 0.2) is 5.78 Å². The van der Waals surface area contributed by atoms with Gasteiger partial charge < -0.3 is 5.11 Å². The van der Waals surface area contributed by atoms with Crippen molar-refractivity contribution in [1.29, 1.82) is 10.5 Å². The van der Waals surface area contributed by atoms with Gasteiger partial charge in [0.2, 0.25) is 0 Å². The Balaban J connectivity index is 1.74. The first-order chi connectivity index (χ1) is 13.1. The molecule has 0 amide bonds. The van der Waals surface area contributed by atoms with Gasteiger partial charge in [0, 0.05) is 11.5 Å². The fourth-order valence-corrected chi connectivity index (χ4v) is 5.87. The molecule has 4 rings (SSSR count). The van der Waals surface area contributed by atoms with Gasteiger partial charge in [0.05, 0.1) is 5.56 Å². The Kier molecular flexibility index (Phi) is 4.32. The Labute approximate surface area is 157 Å². The van der Waals surface area contributed by atoms with E-state index >= 15 is 0 Å². The Morgan fingerprint density at radius 1 is 1.04 bits per heavy atom. The Morgan fingerprint density at radius 2 is 1.78 bits per heavy atom. The number of allylic oxidation sites excluding steroid dienone is 2. The van der Waals surface area contributed by atoms with E-state index in [0.29, 0.717) is 17.1 Å². The van der Waals surface area contributed by atoms with Crippen LogP contribution in [0, 0.1) is 46.3 Å². The van der Waals surface area contributed by atoms with Crippen molar-refractivity contribution >= 4 is 11.8 Å². The number of Topliss-reactive ketones (excluding diaryl/α,β-unsaturated/α-hetero) is 1. The molecule has 0 aliphatic heterocycles. The van der Waals surface area contributed by atoms with Crippen molar-refractivity contribution in [2.45, 2.75) is 38.0 Å². The standard InChI is InChI=1S/C22H20N2O3/c23-10-14(11-24)19-17-6-2-5-16-15(7-8-18(20(16)17)21(19)25)12-3-1-4-13(9-12)22(26)27/h1,3-4,9,15-18,20H,2,5-8H2,(H,26,27). The number of rotatable bonds is 2. The van der Waals surface area contributed by atoms with E-state index in [2.05, 4.69) is 0 Å². The number of benzene rings is 1. The largest absolute Gasteiger partial charge is 0.478 e. The molecule has 0 saturated heterocycles. The van der Waals surface area contributed by atoms with Crippen LogP contribution in [-0.4, -0.2) is 16.9 Å². The Hall–Kier alpha value is -2.92. The minimum atomic E-state index is -0.930. The molecule has 0 heterocycles. The summed E-state index contributed by atoms with van der Waals surface area (Å²) in [6.07, 6.45) is 4.41. The number of nitrogens with zero attached hydrogens (tertiary/aromatic N) is 2. The maximum atomic E-state index is 13.0. The van der Waals surface area contributed by atoms with Gasteiger partial charge in [0.25, 0.3) is 0 Å². The molecule has 1 aromatic rings. The average Bonchev–Trinajstić information content (AvgIpc) is 2.97. The van der Waals surface area contributed by atoms with E-state index in [0.717, 1.165) is 37.7 Å². The highest BCUT2D eigenvalue weighted by Gasteiger charge is 2.55. The lowest BCUT2D eigenvalue weighted by Gasteiger charge is -2.45. The van der Waals surface area contributed by atoms with Gasteiger partial charge >= 0.3 is 5.97 Å². The topological polar surface area (TPSA) is 102 Å². The van der Waals surface area contributed by atoms with Gasteiger partial charge in [-0.1, -0.05) is 18.6 Å². The summed E-state index contributed by atoms with van der Waals surface area (Å²) in [5, 5.41) is 27.9. The first-order valence-corrected chi connectivity index (χ1v) is 9.48. The molecule has 27 heavy (non-hydrogen) atoms. The molecule has 3 saturated carbocycles. The van der Waals surface area contributed by atoms with E-state index < -0.39 is 5.97 Å². The normalized spacial score (nSPS) is 31.6. The number of nitriles is 2. The fourth-order valence-electron chi connectivity index (χ4n) is 5.87. The zero-order valence-electron chi connectivity index (χ0n) is 14.9.